The largest absolute Gasteiger partial charge is 0.361 e. The molecule has 3 heteroatoms. The SMILES string of the molecule is CC(C)c1cc(C(C)C2(N)CC2)no1. The third-order valence-corrected chi connectivity index (χ3v) is 3.25. The van der Waals surface area contributed by atoms with Gasteiger partial charge in [-0.3, -0.25) is 0 Å². The van der Waals surface area contributed by atoms with Crippen LogP contribution < -0.4 is 5.73 Å². The summed E-state index contributed by atoms with van der Waals surface area (Å²) < 4.78 is 5.26. The molecule has 1 heterocycles. The highest BCUT2D eigenvalue weighted by molar-refractivity contribution is 5.21. The zero-order chi connectivity index (χ0) is 10.3. The van der Waals surface area contributed by atoms with Crippen molar-refractivity contribution in [2.75, 3.05) is 0 Å². The molecule has 0 amide bonds. The lowest BCUT2D eigenvalue weighted by Crippen LogP contribution is -2.28. The van der Waals surface area contributed by atoms with Crippen molar-refractivity contribution >= 4 is 0 Å². The van der Waals surface area contributed by atoms with Crippen molar-refractivity contribution in [2.45, 2.75) is 51.0 Å². The predicted molar refractivity (Wildman–Crippen MR) is 55.2 cm³/mol. The van der Waals surface area contributed by atoms with Crippen molar-refractivity contribution in [1.82, 2.24) is 5.16 Å². The zero-order valence-corrected chi connectivity index (χ0v) is 9.08. The van der Waals surface area contributed by atoms with E-state index in [0.717, 1.165) is 24.3 Å². The van der Waals surface area contributed by atoms with Gasteiger partial charge in [0.25, 0.3) is 0 Å². The van der Waals surface area contributed by atoms with E-state index in [1.54, 1.807) is 0 Å². The summed E-state index contributed by atoms with van der Waals surface area (Å²) in [4.78, 5) is 0. The molecule has 1 aromatic rings. The van der Waals surface area contributed by atoms with Gasteiger partial charge in [0.15, 0.2) is 0 Å². The maximum absolute atomic E-state index is 6.13. The molecule has 1 saturated carbocycles. The van der Waals surface area contributed by atoms with Gasteiger partial charge in [-0.25, -0.2) is 0 Å². The van der Waals surface area contributed by atoms with Crippen LogP contribution in [-0.4, -0.2) is 10.7 Å². The first-order chi connectivity index (χ1) is 6.53. The molecule has 78 valence electrons. The minimum absolute atomic E-state index is 0.00881. The molecule has 1 aliphatic rings. The molecule has 1 aliphatic carbocycles. The summed E-state index contributed by atoms with van der Waals surface area (Å²) in [7, 11) is 0. The summed E-state index contributed by atoms with van der Waals surface area (Å²) in [5.74, 6) is 1.67. The molecule has 14 heavy (non-hydrogen) atoms. The second kappa shape index (κ2) is 3.09. The lowest BCUT2D eigenvalue weighted by atomic mass is 9.96. The molecule has 1 aromatic heterocycles. The second-order valence-corrected chi connectivity index (χ2v) is 4.76. The maximum atomic E-state index is 6.13. The average Bonchev–Trinajstić information content (AvgIpc) is 2.69. The molecule has 3 nitrogen and oxygen atoms in total. The summed E-state index contributed by atoms with van der Waals surface area (Å²) >= 11 is 0. The van der Waals surface area contributed by atoms with Crippen LogP contribution in [0.4, 0.5) is 0 Å². The van der Waals surface area contributed by atoms with Gasteiger partial charge in [0, 0.05) is 23.4 Å². The van der Waals surface area contributed by atoms with Crippen LogP contribution in [0.2, 0.25) is 0 Å². The van der Waals surface area contributed by atoms with Crippen LogP contribution in [0.3, 0.4) is 0 Å². The molecule has 0 spiro atoms. The molecule has 0 radical (unpaired) electrons. The zero-order valence-electron chi connectivity index (χ0n) is 9.08. The molecule has 0 aromatic carbocycles. The van der Waals surface area contributed by atoms with E-state index in [2.05, 4.69) is 25.9 Å². The van der Waals surface area contributed by atoms with Crippen molar-refractivity contribution < 1.29 is 4.52 Å². The molecular formula is C11H18N2O. The van der Waals surface area contributed by atoms with Crippen LogP contribution in [0.15, 0.2) is 10.6 Å². The molecule has 2 rings (SSSR count). The minimum Gasteiger partial charge on any atom is -0.361 e. The van der Waals surface area contributed by atoms with Crippen LogP contribution in [0, 0.1) is 0 Å². The molecule has 1 fully saturated rings. The van der Waals surface area contributed by atoms with Gasteiger partial charge in [0.2, 0.25) is 0 Å². The van der Waals surface area contributed by atoms with Crippen molar-refractivity contribution in [3.63, 3.8) is 0 Å². The van der Waals surface area contributed by atoms with Crippen molar-refractivity contribution in [3.05, 3.63) is 17.5 Å². The van der Waals surface area contributed by atoms with Crippen LogP contribution in [0.5, 0.6) is 0 Å². The van der Waals surface area contributed by atoms with Crippen molar-refractivity contribution in [2.24, 2.45) is 5.73 Å². The van der Waals surface area contributed by atoms with E-state index < -0.39 is 0 Å². The van der Waals surface area contributed by atoms with Crippen LogP contribution in [-0.2, 0) is 0 Å². The standard InChI is InChI=1S/C11H18N2O/c1-7(2)10-6-9(13-14-10)8(3)11(12)4-5-11/h6-8H,4-5,12H2,1-3H3. The van der Waals surface area contributed by atoms with Crippen LogP contribution >= 0.6 is 0 Å². The minimum atomic E-state index is -0.00881. The van der Waals surface area contributed by atoms with Gasteiger partial charge in [-0.05, 0) is 12.8 Å². The Labute approximate surface area is 84.7 Å². The van der Waals surface area contributed by atoms with Crippen molar-refractivity contribution in [1.29, 1.82) is 0 Å². The average molecular weight is 194 g/mol. The summed E-state index contributed by atoms with van der Waals surface area (Å²) in [6, 6.07) is 2.04. The molecule has 1 atom stereocenters. The summed E-state index contributed by atoms with van der Waals surface area (Å²) in [6.45, 7) is 6.34. The third kappa shape index (κ3) is 1.57. The van der Waals surface area contributed by atoms with Gasteiger partial charge in [-0.2, -0.15) is 0 Å². The predicted octanol–water partition coefficient (Wildman–Crippen LogP) is 2.39. The molecule has 0 saturated heterocycles. The summed E-state index contributed by atoms with van der Waals surface area (Å²) in [6.07, 6.45) is 2.22. The van der Waals surface area contributed by atoms with Gasteiger partial charge in [-0.15, -0.1) is 0 Å². The monoisotopic (exact) mass is 194 g/mol. The third-order valence-electron chi connectivity index (χ3n) is 3.25. The number of hydrogen-bond acceptors (Lipinski definition) is 3. The topological polar surface area (TPSA) is 52.0 Å². The van der Waals surface area contributed by atoms with Gasteiger partial charge >= 0.3 is 0 Å². The van der Waals surface area contributed by atoms with Gasteiger partial charge in [-0.1, -0.05) is 25.9 Å². The lowest BCUT2D eigenvalue weighted by molar-refractivity contribution is 0.358. The molecule has 0 aliphatic heterocycles. The normalized spacial score (nSPS) is 21.2. The quantitative estimate of drug-likeness (QED) is 0.803. The Morgan fingerprint density at radius 1 is 1.43 bits per heavy atom. The van der Waals surface area contributed by atoms with E-state index in [-0.39, 0.29) is 5.54 Å². The van der Waals surface area contributed by atoms with E-state index in [1.807, 2.05) is 6.07 Å². The van der Waals surface area contributed by atoms with E-state index in [4.69, 9.17) is 10.3 Å². The van der Waals surface area contributed by atoms with Crippen LogP contribution in [0.25, 0.3) is 0 Å². The summed E-state index contributed by atoms with van der Waals surface area (Å²) in [5, 5.41) is 4.09. The molecule has 0 bridgehead atoms. The highest BCUT2D eigenvalue weighted by Crippen LogP contribution is 2.44. The van der Waals surface area contributed by atoms with Gasteiger partial charge in [0.1, 0.15) is 5.76 Å². The van der Waals surface area contributed by atoms with Crippen molar-refractivity contribution in [3.8, 4) is 0 Å². The number of aromatic nitrogens is 1. The first kappa shape index (κ1) is 9.71. The smallest absolute Gasteiger partial charge is 0.139 e. The number of nitrogens with zero attached hydrogens (tertiary/aromatic N) is 1. The number of hydrogen-bond donors (Lipinski definition) is 1. The fourth-order valence-corrected chi connectivity index (χ4v) is 1.65. The highest BCUT2D eigenvalue weighted by Gasteiger charge is 2.45. The first-order valence-corrected chi connectivity index (χ1v) is 5.28. The molecule has 2 N–H and O–H groups in total. The van der Waals surface area contributed by atoms with E-state index in [9.17, 15) is 0 Å². The number of nitrogens with two attached hydrogens (primary N) is 1. The molecular weight excluding hydrogens is 176 g/mol. The number of rotatable bonds is 3. The van der Waals surface area contributed by atoms with Gasteiger partial charge in [0.05, 0.1) is 5.69 Å². The Kier molecular flexibility index (Phi) is 2.14. The second-order valence-electron chi connectivity index (χ2n) is 4.76. The Morgan fingerprint density at radius 2 is 2.07 bits per heavy atom. The Hall–Kier alpha value is -0.830. The Morgan fingerprint density at radius 3 is 2.50 bits per heavy atom. The fraction of sp³-hybridized carbons (Fsp3) is 0.727. The maximum Gasteiger partial charge on any atom is 0.139 e. The first-order valence-electron chi connectivity index (χ1n) is 5.28. The van der Waals surface area contributed by atoms with E-state index >= 15 is 0 Å². The fourth-order valence-electron chi connectivity index (χ4n) is 1.65. The Balaban J connectivity index is 2.16. The van der Waals surface area contributed by atoms with E-state index in [1.165, 1.54) is 0 Å². The lowest BCUT2D eigenvalue weighted by Gasteiger charge is -2.14. The van der Waals surface area contributed by atoms with E-state index in [0.29, 0.717) is 11.8 Å². The summed E-state index contributed by atoms with van der Waals surface area (Å²) in [5.41, 5.74) is 7.13. The van der Waals surface area contributed by atoms with Crippen LogP contribution in [0.1, 0.15) is 56.9 Å². The Bertz CT molecular complexity index is 326. The highest BCUT2D eigenvalue weighted by atomic mass is 16.5. The molecule has 1 unspecified atom stereocenters. The van der Waals surface area contributed by atoms with Gasteiger partial charge < -0.3 is 10.3 Å².